The maximum atomic E-state index is 14.8. The zero-order valence-electron chi connectivity index (χ0n) is 15.2. The van der Waals surface area contributed by atoms with Crippen LogP contribution in [0.5, 0.6) is 0 Å². The van der Waals surface area contributed by atoms with Gasteiger partial charge in [0.05, 0.1) is 6.54 Å². The number of fused-ring (bicyclic) bond motifs is 3. The Morgan fingerprint density at radius 3 is 2.00 bits per heavy atom. The van der Waals surface area contributed by atoms with Gasteiger partial charge in [0.2, 0.25) is 0 Å². The van der Waals surface area contributed by atoms with Gasteiger partial charge in [-0.25, -0.2) is 4.39 Å². The van der Waals surface area contributed by atoms with Crippen LogP contribution in [0.2, 0.25) is 0 Å². The molecular weight excluding hydrogens is 321 g/mol. The van der Waals surface area contributed by atoms with E-state index in [9.17, 15) is 4.39 Å². The first-order chi connectivity index (χ1) is 12.6. The summed E-state index contributed by atoms with van der Waals surface area (Å²) in [4.78, 5) is 0. The molecule has 4 aromatic rings. The predicted octanol–water partition coefficient (Wildman–Crippen LogP) is 1.76. The van der Waals surface area contributed by atoms with Gasteiger partial charge in [-0.05, 0) is 24.3 Å². The quantitative estimate of drug-likeness (QED) is 0.547. The topological polar surface area (TPSA) is 17.0 Å². The van der Waals surface area contributed by atoms with E-state index in [4.69, 9.17) is 0 Å². The highest BCUT2D eigenvalue weighted by Gasteiger charge is 2.15. The van der Waals surface area contributed by atoms with Crippen molar-refractivity contribution in [3.05, 3.63) is 66.7 Å². The van der Waals surface area contributed by atoms with E-state index in [1.807, 2.05) is 30.3 Å². The molecule has 2 nitrogen and oxygen atoms in total. The van der Waals surface area contributed by atoms with Gasteiger partial charge in [-0.3, -0.25) is 0 Å². The third kappa shape index (κ3) is 3.22. The second-order valence-electron chi connectivity index (χ2n) is 7.00. The fourth-order valence-corrected chi connectivity index (χ4v) is 3.58. The van der Waals surface area contributed by atoms with Gasteiger partial charge >= 0.3 is 0 Å². The summed E-state index contributed by atoms with van der Waals surface area (Å²) in [6.45, 7) is 0.634. The molecule has 0 aliphatic carbocycles. The van der Waals surface area contributed by atoms with Gasteiger partial charge in [-0.1, -0.05) is 53.4 Å². The van der Waals surface area contributed by atoms with Gasteiger partial charge in [0.25, 0.3) is 0 Å². The SMILES string of the molecule is Bc1ccc2c(c1)c1cc(B)ccc1n2CC(F)CNc1ccccc1. The summed E-state index contributed by atoms with van der Waals surface area (Å²) in [5.41, 5.74) is 5.59. The lowest BCUT2D eigenvalue weighted by Crippen LogP contribution is -2.21. The molecular formula is C21H21B2FN2. The minimum Gasteiger partial charge on any atom is -0.382 e. The number of alkyl halides is 1. The molecule has 0 saturated heterocycles. The standard InChI is InChI=1S/C21H21B2FN2/c22-14-6-8-20-18(10-14)19-11-15(23)7-9-21(19)26(20)13-16(24)12-25-17-4-2-1-3-5-17/h1-11,16,25H,12-13,22-23H2. The fourth-order valence-electron chi connectivity index (χ4n) is 3.58. The molecule has 128 valence electrons. The van der Waals surface area contributed by atoms with Gasteiger partial charge in [-0.2, -0.15) is 0 Å². The summed E-state index contributed by atoms with van der Waals surface area (Å²) in [6.07, 6.45) is -0.975. The molecule has 1 unspecified atom stereocenters. The summed E-state index contributed by atoms with van der Waals surface area (Å²) in [7, 11) is 4.19. The number of anilines is 1. The molecule has 0 saturated carbocycles. The zero-order valence-corrected chi connectivity index (χ0v) is 15.2. The molecule has 1 aromatic heterocycles. The van der Waals surface area contributed by atoms with Gasteiger partial charge < -0.3 is 9.88 Å². The molecule has 0 amide bonds. The third-order valence-electron chi connectivity index (χ3n) is 4.86. The minimum atomic E-state index is -0.975. The average molecular weight is 342 g/mol. The summed E-state index contributed by atoms with van der Waals surface area (Å²) >= 11 is 0. The Labute approximate surface area is 154 Å². The zero-order chi connectivity index (χ0) is 18.1. The van der Waals surface area contributed by atoms with Crippen molar-refractivity contribution < 1.29 is 4.39 Å². The first-order valence-corrected chi connectivity index (χ1v) is 9.04. The Bertz CT molecular complexity index is 1000. The van der Waals surface area contributed by atoms with Crippen LogP contribution < -0.4 is 16.2 Å². The Morgan fingerprint density at radius 2 is 1.42 bits per heavy atom. The molecule has 1 atom stereocenters. The van der Waals surface area contributed by atoms with Crippen LogP contribution in [0.3, 0.4) is 0 Å². The number of aromatic nitrogens is 1. The Kier molecular flexibility index (Phi) is 4.46. The molecule has 1 N–H and O–H groups in total. The first kappa shape index (κ1) is 16.8. The van der Waals surface area contributed by atoms with Crippen LogP contribution in [0.1, 0.15) is 0 Å². The van der Waals surface area contributed by atoms with E-state index >= 15 is 0 Å². The van der Waals surface area contributed by atoms with Crippen LogP contribution in [0, 0.1) is 0 Å². The molecule has 1 heterocycles. The van der Waals surface area contributed by atoms with Gasteiger partial charge in [0.1, 0.15) is 21.9 Å². The molecule has 0 spiro atoms. The molecule has 0 fully saturated rings. The number of hydrogen-bond acceptors (Lipinski definition) is 1. The maximum Gasteiger partial charge on any atom is 0.139 e. The third-order valence-corrected chi connectivity index (χ3v) is 4.86. The van der Waals surface area contributed by atoms with E-state index in [1.54, 1.807) is 0 Å². The summed E-state index contributed by atoms with van der Waals surface area (Å²) in [5, 5.41) is 5.58. The summed E-state index contributed by atoms with van der Waals surface area (Å²) in [6, 6.07) is 22.6. The van der Waals surface area contributed by atoms with E-state index in [0.717, 1.165) is 16.7 Å². The van der Waals surface area contributed by atoms with Crippen molar-refractivity contribution in [2.24, 2.45) is 0 Å². The van der Waals surface area contributed by atoms with E-state index in [2.05, 4.69) is 62.0 Å². The molecule has 3 aromatic carbocycles. The number of nitrogens with zero attached hydrogens (tertiary/aromatic N) is 1. The average Bonchev–Trinajstić information content (AvgIpc) is 2.93. The smallest absolute Gasteiger partial charge is 0.139 e. The Balaban J connectivity index is 1.66. The lowest BCUT2D eigenvalue weighted by Gasteiger charge is -2.14. The largest absolute Gasteiger partial charge is 0.382 e. The molecule has 4 rings (SSSR count). The molecule has 26 heavy (non-hydrogen) atoms. The van der Waals surface area contributed by atoms with E-state index in [1.165, 1.54) is 21.7 Å². The van der Waals surface area contributed by atoms with Gasteiger partial charge in [0, 0.05) is 34.0 Å². The van der Waals surface area contributed by atoms with E-state index < -0.39 is 6.17 Å². The first-order valence-electron chi connectivity index (χ1n) is 9.04. The lowest BCUT2D eigenvalue weighted by molar-refractivity contribution is 0.316. The minimum absolute atomic E-state index is 0.295. The monoisotopic (exact) mass is 342 g/mol. The summed E-state index contributed by atoms with van der Waals surface area (Å²) in [5.74, 6) is 0. The van der Waals surface area contributed by atoms with Crippen LogP contribution in [-0.2, 0) is 6.54 Å². The normalized spacial score (nSPS) is 12.5. The highest BCUT2D eigenvalue weighted by Crippen LogP contribution is 2.28. The van der Waals surface area contributed by atoms with Crippen LogP contribution in [0.25, 0.3) is 21.8 Å². The van der Waals surface area contributed by atoms with Gasteiger partial charge in [-0.15, -0.1) is 0 Å². The molecule has 0 radical (unpaired) electrons. The van der Waals surface area contributed by atoms with Crippen LogP contribution in [0.15, 0.2) is 66.7 Å². The van der Waals surface area contributed by atoms with Crippen molar-refractivity contribution in [3.8, 4) is 0 Å². The van der Waals surface area contributed by atoms with Crippen molar-refractivity contribution in [2.75, 3.05) is 11.9 Å². The van der Waals surface area contributed by atoms with Crippen LogP contribution in [0.4, 0.5) is 10.1 Å². The van der Waals surface area contributed by atoms with Gasteiger partial charge in [0.15, 0.2) is 0 Å². The number of benzene rings is 3. The van der Waals surface area contributed by atoms with Crippen molar-refractivity contribution in [2.45, 2.75) is 12.7 Å². The Hall–Kier alpha value is -2.68. The fraction of sp³-hybridized carbons (Fsp3) is 0.143. The second-order valence-corrected chi connectivity index (χ2v) is 7.00. The van der Waals surface area contributed by atoms with Crippen LogP contribution >= 0.6 is 0 Å². The number of para-hydroxylation sites is 1. The van der Waals surface area contributed by atoms with E-state index in [-0.39, 0.29) is 0 Å². The predicted molar refractivity (Wildman–Crippen MR) is 116 cm³/mol. The highest BCUT2D eigenvalue weighted by molar-refractivity contribution is 6.35. The number of rotatable bonds is 5. The summed E-state index contributed by atoms with van der Waals surface area (Å²) < 4.78 is 16.9. The van der Waals surface area contributed by atoms with E-state index in [0.29, 0.717) is 13.1 Å². The molecule has 5 heteroatoms. The van der Waals surface area contributed by atoms with Crippen molar-refractivity contribution in [1.82, 2.24) is 4.57 Å². The Morgan fingerprint density at radius 1 is 0.846 bits per heavy atom. The molecule has 0 bridgehead atoms. The van der Waals surface area contributed by atoms with Crippen LogP contribution in [-0.4, -0.2) is 33.0 Å². The maximum absolute atomic E-state index is 14.8. The highest BCUT2D eigenvalue weighted by atomic mass is 19.1. The number of hydrogen-bond donors (Lipinski definition) is 1. The number of halogens is 1. The van der Waals surface area contributed by atoms with Crippen molar-refractivity contribution in [3.63, 3.8) is 0 Å². The second kappa shape index (κ2) is 6.91. The number of nitrogens with one attached hydrogen (secondary N) is 1. The molecule has 0 aliphatic heterocycles. The van der Waals surface area contributed by atoms with Crippen molar-refractivity contribution >= 4 is 54.1 Å². The lowest BCUT2D eigenvalue weighted by atomic mass is 9.92. The van der Waals surface area contributed by atoms with Crippen molar-refractivity contribution in [1.29, 1.82) is 0 Å². The molecule has 0 aliphatic rings.